The van der Waals surface area contributed by atoms with Gasteiger partial charge in [0.1, 0.15) is 11.5 Å². The van der Waals surface area contributed by atoms with Crippen LogP contribution in [-0.2, 0) is 14.4 Å². The third-order valence-electron chi connectivity index (χ3n) is 8.55. The fourth-order valence-corrected chi connectivity index (χ4v) is 5.65. The molecule has 6 rings (SSSR count). The van der Waals surface area contributed by atoms with E-state index in [0.717, 1.165) is 30.9 Å². The van der Waals surface area contributed by atoms with Crippen LogP contribution >= 0.6 is 11.6 Å². The summed E-state index contributed by atoms with van der Waals surface area (Å²) in [6.07, 6.45) is 6.26. The van der Waals surface area contributed by atoms with E-state index in [1.165, 1.54) is 38.8 Å². The Morgan fingerprint density at radius 2 is 1.36 bits per heavy atom. The number of hydrogen-bond donors (Lipinski definition) is 3. The van der Waals surface area contributed by atoms with Crippen molar-refractivity contribution in [3.05, 3.63) is 116 Å². The topological polar surface area (TPSA) is 182 Å². The fourth-order valence-electron chi connectivity index (χ4n) is 5.52. The summed E-state index contributed by atoms with van der Waals surface area (Å²) < 4.78 is 22.0. The van der Waals surface area contributed by atoms with Crippen molar-refractivity contribution in [1.29, 1.82) is 0 Å². The number of rotatable bonds is 14. The highest BCUT2D eigenvalue weighted by atomic mass is 35.5. The molecule has 300 valence electrons. The molecule has 58 heavy (non-hydrogen) atoms. The zero-order valence-corrected chi connectivity index (χ0v) is 33.0. The lowest BCUT2D eigenvalue weighted by Gasteiger charge is -2.27. The molecule has 1 aliphatic heterocycles. The number of likely N-dealkylation sites (tertiary alicyclic amines) is 1. The second-order valence-corrected chi connectivity index (χ2v) is 12.8. The van der Waals surface area contributed by atoms with Crippen molar-refractivity contribution in [2.45, 2.75) is 19.4 Å². The predicted molar refractivity (Wildman–Crippen MR) is 222 cm³/mol. The van der Waals surface area contributed by atoms with Gasteiger partial charge < -0.3 is 44.7 Å². The number of nitrogens with one attached hydrogen (secondary N) is 3. The van der Waals surface area contributed by atoms with Gasteiger partial charge in [0.15, 0.2) is 11.5 Å². The van der Waals surface area contributed by atoms with Crippen molar-refractivity contribution < 1.29 is 33.3 Å². The van der Waals surface area contributed by atoms with Gasteiger partial charge in [-0.15, -0.1) is 0 Å². The molecule has 1 fully saturated rings. The summed E-state index contributed by atoms with van der Waals surface area (Å²) in [5, 5.41) is 8.55. The maximum Gasteiger partial charge on any atom is 0.267 e. The van der Waals surface area contributed by atoms with Crippen molar-refractivity contribution >= 4 is 58.0 Å². The molecule has 1 saturated heterocycles. The number of methoxy groups -OCH3 is 2. The van der Waals surface area contributed by atoms with Crippen molar-refractivity contribution in [1.82, 2.24) is 24.8 Å². The first kappa shape index (κ1) is 42.0. The Morgan fingerprint density at radius 1 is 0.810 bits per heavy atom. The predicted octanol–water partition coefficient (Wildman–Crippen LogP) is 7.26. The summed E-state index contributed by atoms with van der Waals surface area (Å²) in [4.78, 5) is 55.1. The number of anilines is 5. The van der Waals surface area contributed by atoms with Gasteiger partial charge in [-0.3, -0.25) is 14.4 Å². The molecule has 16 nitrogen and oxygen atoms in total. The van der Waals surface area contributed by atoms with E-state index in [0.29, 0.717) is 40.3 Å². The number of aromatic nitrogens is 4. The Labute approximate surface area is 340 Å². The summed E-state index contributed by atoms with van der Waals surface area (Å²) in [6.45, 7) is 9.98. The zero-order chi connectivity index (χ0) is 41.6. The van der Waals surface area contributed by atoms with Gasteiger partial charge in [-0.05, 0) is 78.7 Å². The van der Waals surface area contributed by atoms with Crippen LogP contribution < -0.4 is 39.8 Å². The summed E-state index contributed by atoms with van der Waals surface area (Å²) in [6, 6.07) is 21.9. The number of benzene rings is 3. The zero-order valence-electron chi connectivity index (χ0n) is 32.3. The molecule has 2 aromatic heterocycles. The Balaban J connectivity index is 0.000000258. The maximum absolute atomic E-state index is 11.7. The normalized spacial score (nSPS) is 12.8. The van der Waals surface area contributed by atoms with Crippen LogP contribution in [0.3, 0.4) is 0 Å². The summed E-state index contributed by atoms with van der Waals surface area (Å²) in [5.41, 5.74) is 2.99. The Morgan fingerprint density at radius 3 is 1.88 bits per heavy atom. The molecule has 5 aromatic rings. The van der Waals surface area contributed by atoms with E-state index in [1.54, 1.807) is 55.5 Å². The number of nitrogens with zero attached hydrogens (tertiary/aromatic N) is 6. The average Bonchev–Trinajstić information content (AvgIpc) is 3.73. The smallest absolute Gasteiger partial charge is 0.267 e. The van der Waals surface area contributed by atoms with Gasteiger partial charge >= 0.3 is 0 Å². The second kappa shape index (κ2) is 20.1. The molecular formula is C41H42ClN9O7. The monoisotopic (exact) mass is 807 g/mol. The van der Waals surface area contributed by atoms with Gasteiger partial charge in [-0.2, -0.15) is 9.97 Å². The summed E-state index contributed by atoms with van der Waals surface area (Å²) >= 11 is 5.73. The molecule has 0 bridgehead atoms. The second-order valence-electron chi connectivity index (χ2n) is 12.4. The highest BCUT2D eigenvalue weighted by molar-refractivity contribution is 6.28. The molecule has 3 aromatic carbocycles. The van der Waals surface area contributed by atoms with Gasteiger partial charge in [-0.25, -0.2) is 9.97 Å². The van der Waals surface area contributed by atoms with Crippen LogP contribution in [0.5, 0.6) is 34.8 Å². The van der Waals surface area contributed by atoms with Crippen molar-refractivity contribution in [2.24, 2.45) is 0 Å². The van der Waals surface area contributed by atoms with E-state index in [-0.39, 0.29) is 40.8 Å². The first-order valence-corrected chi connectivity index (χ1v) is 18.1. The van der Waals surface area contributed by atoms with Crippen molar-refractivity contribution in [3.8, 4) is 34.8 Å². The minimum Gasteiger partial charge on any atom is -0.490 e. The lowest BCUT2D eigenvalue weighted by Crippen LogP contribution is -2.35. The highest BCUT2D eigenvalue weighted by Gasteiger charge is 2.27. The standard InChI is InChI=1S/C27H30N6O4.C14H12ClN3O3/c1-5-25(35)29-20-7-6-8-23(15-20)37-26-24(36-4)16-28-27(31-26)30-19-9-11-21(12-10-19)32(3)22-13-14-33(17-22)18(2)34;1-3-12(19)17-9-5-4-6-10(7-9)21-13-11(20-2)8-16-14(15)18-13/h5-12,15-16,22H,1,13-14,17H2,2-4H3,(H,29,35)(H,28,30,31);3-8H,1H2,2H3,(H,17,19)/t22-;/m0./s1. The first-order valence-electron chi connectivity index (χ1n) is 17.7. The molecule has 0 radical (unpaired) electrons. The number of carbonyl (C=O) groups is 3. The molecule has 0 aliphatic carbocycles. The van der Waals surface area contributed by atoms with Crippen LogP contribution in [0.2, 0.25) is 5.28 Å². The number of ether oxygens (including phenoxy) is 4. The molecule has 1 aliphatic rings. The molecule has 0 unspecified atom stereocenters. The highest BCUT2D eigenvalue weighted by Crippen LogP contribution is 2.33. The molecule has 1 atom stereocenters. The van der Waals surface area contributed by atoms with Gasteiger partial charge in [0, 0.05) is 68.0 Å². The molecule has 0 saturated carbocycles. The quantitative estimate of drug-likeness (QED) is 0.0754. The molecule has 3 amide bonds. The molecule has 0 spiro atoms. The van der Waals surface area contributed by atoms with Crippen molar-refractivity contribution in [2.75, 3.05) is 55.2 Å². The minimum absolute atomic E-state index is 0.0434. The first-order chi connectivity index (χ1) is 28.0. The van der Waals surface area contributed by atoms with Gasteiger partial charge in [0.05, 0.1) is 26.6 Å². The van der Waals surface area contributed by atoms with Gasteiger partial charge in [-0.1, -0.05) is 25.3 Å². The maximum atomic E-state index is 11.7. The number of halogens is 1. The number of amides is 3. The Bertz CT molecular complexity index is 2260. The van der Waals surface area contributed by atoms with Crippen LogP contribution in [0.1, 0.15) is 13.3 Å². The van der Waals surface area contributed by atoms with E-state index >= 15 is 0 Å². The Hall–Kier alpha value is -7.20. The van der Waals surface area contributed by atoms with Gasteiger partial charge in [0.2, 0.25) is 29.0 Å². The van der Waals surface area contributed by atoms with Crippen LogP contribution in [0.4, 0.5) is 28.7 Å². The summed E-state index contributed by atoms with van der Waals surface area (Å²) in [5.74, 6) is 1.86. The van der Waals surface area contributed by atoms with Crippen LogP contribution in [0.25, 0.3) is 0 Å². The lowest BCUT2D eigenvalue weighted by atomic mass is 10.2. The van der Waals surface area contributed by atoms with E-state index in [9.17, 15) is 14.4 Å². The number of hydrogen-bond acceptors (Lipinski definition) is 13. The van der Waals surface area contributed by atoms with E-state index in [4.69, 9.17) is 30.5 Å². The SMILES string of the molecule is C=CC(=O)Nc1cccc(Oc2nc(Cl)ncc2OC)c1.C=CC(=O)Nc1cccc(Oc2nc(Nc3ccc(N(C)[C@H]4CCN(C(C)=O)C4)cc3)ncc2OC)c1. The third kappa shape index (κ3) is 11.7. The fraction of sp³-hybridized carbons (Fsp3) is 0.195. The van der Waals surface area contributed by atoms with E-state index in [1.807, 2.05) is 36.2 Å². The molecule has 3 N–H and O–H groups in total. The molecule has 17 heteroatoms. The van der Waals surface area contributed by atoms with Crippen LogP contribution in [0.15, 0.2) is 111 Å². The summed E-state index contributed by atoms with van der Waals surface area (Å²) in [7, 11) is 5.03. The van der Waals surface area contributed by atoms with E-state index in [2.05, 4.69) is 53.9 Å². The molecular weight excluding hydrogens is 766 g/mol. The molecule has 3 heterocycles. The van der Waals surface area contributed by atoms with Crippen LogP contribution in [0, 0.1) is 0 Å². The van der Waals surface area contributed by atoms with Crippen LogP contribution in [-0.4, -0.2) is 83.0 Å². The number of carbonyl (C=O) groups excluding carboxylic acids is 3. The average molecular weight is 808 g/mol. The third-order valence-corrected chi connectivity index (χ3v) is 8.73. The van der Waals surface area contributed by atoms with E-state index < -0.39 is 0 Å². The largest absolute Gasteiger partial charge is 0.490 e. The lowest BCUT2D eigenvalue weighted by molar-refractivity contribution is -0.127. The minimum atomic E-state index is -0.318. The van der Waals surface area contributed by atoms with Gasteiger partial charge in [0.25, 0.3) is 11.8 Å². The number of likely N-dealkylation sites (N-methyl/N-ethyl adjacent to an activating group) is 1. The Kier molecular flexibility index (Phi) is 14.5. The van der Waals surface area contributed by atoms with Crippen molar-refractivity contribution in [3.63, 3.8) is 0 Å².